The van der Waals surface area contributed by atoms with Gasteiger partial charge in [-0.2, -0.15) is 0 Å². The molecule has 24 heavy (non-hydrogen) atoms. The molecule has 136 valence electrons. The molecule has 4 nitrogen and oxygen atoms in total. The fourth-order valence-corrected chi connectivity index (χ4v) is 1.92. The van der Waals surface area contributed by atoms with Gasteiger partial charge in [0.2, 0.25) is 0 Å². The average Bonchev–Trinajstić information content (AvgIpc) is 2.52. The van der Waals surface area contributed by atoms with E-state index in [9.17, 15) is 14.0 Å². The topological polar surface area (TPSA) is 66.4 Å². The number of carboxylic acid groups (broad SMARTS) is 1. The Hall–Kier alpha value is -1.91. The number of rotatable bonds is 8. The van der Waals surface area contributed by atoms with Crippen LogP contribution in [0.5, 0.6) is 0 Å². The lowest BCUT2D eigenvalue weighted by Gasteiger charge is -2.22. The van der Waals surface area contributed by atoms with Crippen molar-refractivity contribution >= 4 is 17.4 Å². The molecule has 0 aliphatic rings. The fraction of sp³-hybridized carbons (Fsp3) is 0.579. The van der Waals surface area contributed by atoms with Gasteiger partial charge < -0.3 is 10.4 Å². The van der Waals surface area contributed by atoms with E-state index in [4.69, 9.17) is 5.11 Å². The lowest BCUT2D eigenvalue weighted by atomic mass is 10.0. The summed E-state index contributed by atoms with van der Waals surface area (Å²) in [4.78, 5) is 22.3. The normalized spacial score (nSPS) is 10.6. The molecular formula is C19H30FNO3. The lowest BCUT2D eigenvalue weighted by Crippen LogP contribution is -2.39. The van der Waals surface area contributed by atoms with Gasteiger partial charge in [-0.15, -0.1) is 0 Å². The van der Waals surface area contributed by atoms with Gasteiger partial charge in [-0.1, -0.05) is 46.5 Å². The maximum absolute atomic E-state index is 13.7. The number of benzene rings is 1. The average molecular weight is 339 g/mol. The van der Waals surface area contributed by atoms with Crippen molar-refractivity contribution in [1.29, 1.82) is 0 Å². The van der Waals surface area contributed by atoms with Gasteiger partial charge >= 0.3 is 5.97 Å². The zero-order valence-electron chi connectivity index (χ0n) is 15.4. The van der Waals surface area contributed by atoms with Crippen LogP contribution in [0.4, 0.5) is 10.1 Å². The minimum Gasteiger partial charge on any atom is -0.480 e. The molecule has 0 amide bonds. The van der Waals surface area contributed by atoms with Crippen molar-refractivity contribution < 1.29 is 19.1 Å². The van der Waals surface area contributed by atoms with Gasteiger partial charge in [-0.3, -0.25) is 4.79 Å². The zero-order chi connectivity index (χ0) is 18.8. The predicted molar refractivity (Wildman–Crippen MR) is 96.2 cm³/mol. The molecule has 2 N–H and O–H groups in total. The van der Waals surface area contributed by atoms with Crippen LogP contribution in [0.15, 0.2) is 18.2 Å². The molecule has 0 radical (unpaired) electrons. The Morgan fingerprint density at radius 2 is 1.67 bits per heavy atom. The molecule has 5 heteroatoms. The minimum absolute atomic E-state index is 0.0242. The van der Waals surface area contributed by atoms with Crippen LogP contribution in [0.25, 0.3) is 0 Å². The van der Waals surface area contributed by atoms with Gasteiger partial charge in [0.05, 0.1) is 5.56 Å². The SMILES string of the molecule is CCC(=O)c1ccc(NC(C)(C)C(=O)O)cc1F.CCCCCC. The quantitative estimate of drug-likeness (QED) is 0.499. The molecule has 0 spiro atoms. The molecule has 0 aliphatic carbocycles. The Morgan fingerprint density at radius 3 is 2.04 bits per heavy atom. The zero-order valence-corrected chi connectivity index (χ0v) is 15.4. The van der Waals surface area contributed by atoms with E-state index in [1.54, 1.807) is 6.92 Å². The third-order valence-corrected chi connectivity index (χ3v) is 3.54. The highest BCUT2D eigenvalue weighted by atomic mass is 19.1. The van der Waals surface area contributed by atoms with Crippen molar-refractivity contribution in [1.82, 2.24) is 0 Å². The number of nitrogens with one attached hydrogen (secondary N) is 1. The summed E-state index contributed by atoms with van der Waals surface area (Å²) in [5.41, 5.74) is -0.855. The molecule has 1 rings (SSSR count). The number of hydrogen-bond donors (Lipinski definition) is 2. The molecule has 0 unspecified atom stereocenters. The third kappa shape index (κ3) is 7.57. The second kappa shape index (κ2) is 10.8. The van der Waals surface area contributed by atoms with Gasteiger partial charge in [0.15, 0.2) is 5.78 Å². The summed E-state index contributed by atoms with van der Waals surface area (Å²) < 4.78 is 13.7. The van der Waals surface area contributed by atoms with Crippen LogP contribution in [0.3, 0.4) is 0 Å². The number of anilines is 1. The summed E-state index contributed by atoms with van der Waals surface area (Å²) in [5, 5.41) is 11.6. The van der Waals surface area contributed by atoms with E-state index in [0.29, 0.717) is 5.69 Å². The minimum atomic E-state index is -1.21. The Morgan fingerprint density at radius 1 is 1.12 bits per heavy atom. The number of ketones is 1. The number of carbonyl (C=O) groups is 2. The Kier molecular flexibility index (Phi) is 9.93. The van der Waals surface area contributed by atoms with E-state index < -0.39 is 17.3 Å². The molecule has 0 aromatic heterocycles. The van der Waals surface area contributed by atoms with Gasteiger partial charge in [0.1, 0.15) is 11.4 Å². The van der Waals surface area contributed by atoms with Crippen molar-refractivity contribution in [2.75, 3.05) is 5.32 Å². The largest absolute Gasteiger partial charge is 0.480 e. The van der Waals surface area contributed by atoms with Crippen molar-refractivity contribution in [3.05, 3.63) is 29.6 Å². The molecule has 0 fully saturated rings. The first-order chi connectivity index (χ1) is 11.2. The van der Waals surface area contributed by atoms with E-state index in [1.165, 1.54) is 51.7 Å². The summed E-state index contributed by atoms with van der Waals surface area (Å²) >= 11 is 0. The van der Waals surface area contributed by atoms with Gasteiger partial charge in [-0.25, -0.2) is 9.18 Å². The number of hydrogen-bond acceptors (Lipinski definition) is 3. The number of halogens is 1. The predicted octanol–water partition coefficient (Wildman–Crippen LogP) is 5.28. The summed E-state index contributed by atoms with van der Waals surface area (Å²) in [6.45, 7) is 9.06. The number of aliphatic carboxylic acids is 1. The molecule has 0 saturated heterocycles. The monoisotopic (exact) mass is 339 g/mol. The van der Waals surface area contributed by atoms with E-state index in [1.807, 2.05) is 0 Å². The van der Waals surface area contributed by atoms with E-state index in [2.05, 4.69) is 19.2 Å². The standard InChI is InChI=1S/C13H16FNO3.C6H14/c1-4-11(16)9-6-5-8(7-10(9)14)15-13(2,3)12(17)18;1-3-5-6-4-2/h5-7,15H,4H2,1-3H3,(H,17,18);3-6H2,1-2H3. The first-order valence-electron chi connectivity index (χ1n) is 8.53. The van der Waals surface area contributed by atoms with Crippen LogP contribution < -0.4 is 5.32 Å². The Balaban J connectivity index is 0.000000754. The molecule has 0 bridgehead atoms. The second-order valence-corrected chi connectivity index (χ2v) is 6.23. The van der Waals surface area contributed by atoms with Crippen LogP contribution in [-0.2, 0) is 4.79 Å². The molecule has 0 aliphatic heterocycles. The van der Waals surface area contributed by atoms with Crippen LogP contribution in [-0.4, -0.2) is 22.4 Å². The molecular weight excluding hydrogens is 309 g/mol. The van der Waals surface area contributed by atoms with E-state index >= 15 is 0 Å². The second-order valence-electron chi connectivity index (χ2n) is 6.23. The maximum Gasteiger partial charge on any atom is 0.328 e. The summed E-state index contributed by atoms with van der Waals surface area (Å²) in [5.74, 6) is -1.97. The van der Waals surface area contributed by atoms with Crippen LogP contribution in [0.1, 0.15) is 77.1 Å². The summed E-state index contributed by atoms with van der Waals surface area (Å²) in [6, 6.07) is 3.99. The fourth-order valence-electron chi connectivity index (χ4n) is 1.92. The number of carboxylic acids is 1. The highest BCUT2D eigenvalue weighted by Crippen LogP contribution is 2.19. The van der Waals surface area contributed by atoms with Gasteiger partial charge in [0.25, 0.3) is 0 Å². The van der Waals surface area contributed by atoms with Crippen molar-refractivity contribution in [2.24, 2.45) is 0 Å². The number of carbonyl (C=O) groups excluding carboxylic acids is 1. The van der Waals surface area contributed by atoms with Crippen molar-refractivity contribution in [3.8, 4) is 0 Å². The first-order valence-corrected chi connectivity index (χ1v) is 8.53. The van der Waals surface area contributed by atoms with Gasteiger partial charge in [-0.05, 0) is 32.0 Å². The Bertz CT molecular complexity index is 537. The van der Waals surface area contributed by atoms with E-state index in [0.717, 1.165) is 6.07 Å². The summed E-state index contributed by atoms with van der Waals surface area (Å²) in [7, 11) is 0. The number of unbranched alkanes of at least 4 members (excludes halogenated alkanes) is 3. The maximum atomic E-state index is 13.7. The van der Waals surface area contributed by atoms with Crippen LogP contribution in [0.2, 0.25) is 0 Å². The molecule has 1 aromatic carbocycles. The first kappa shape index (κ1) is 22.1. The van der Waals surface area contributed by atoms with Crippen molar-refractivity contribution in [2.45, 2.75) is 72.3 Å². The van der Waals surface area contributed by atoms with Crippen LogP contribution in [0, 0.1) is 5.82 Å². The molecule has 0 atom stereocenters. The number of Topliss-reactive ketones (excluding diaryl/α,β-unsaturated/α-hetero) is 1. The van der Waals surface area contributed by atoms with Crippen molar-refractivity contribution in [3.63, 3.8) is 0 Å². The summed E-state index contributed by atoms with van der Waals surface area (Å²) in [6.07, 6.45) is 5.76. The lowest BCUT2D eigenvalue weighted by molar-refractivity contribution is -0.141. The smallest absolute Gasteiger partial charge is 0.328 e. The highest BCUT2D eigenvalue weighted by molar-refractivity contribution is 5.96. The third-order valence-electron chi connectivity index (χ3n) is 3.54. The highest BCUT2D eigenvalue weighted by Gasteiger charge is 2.26. The molecule has 1 aromatic rings. The molecule has 0 saturated carbocycles. The Labute approximate surface area is 144 Å². The van der Waals surface area contributed by atoms with Gasteiger partial charge in [0, 0.05) is 12.1 Å². The molecule has 0 heterocycles. The van der Waals surface area contributed by atoms with Crippen LogP contribution >= 0.6 is 0 Å². The van der Waals surface area contributed by atoms with E-state index in [-0.39, 0.29) is 17.8 Å².